The molecule has 1 saturated carbocycles. The molecule has 0 unspecified atom stereocenters. The second-order valence-electron chi connectivity index (χ2n) is 4.36. The van der Waals surface area contributed by atoms with E-state index in [0.29, 0.717) is 17.6 Å². The van der Waals surface area contributed by atoms with Crippen molar-refractivity contribution >= 4 is 0 Å². The Hall–Kier alpha value is -1.95. The Labute approximate surface area is 105 Å². The number of rotatable bonds is 5. The van der Waals surface area contributed by atoms with Gasteiger partial charge in [0.05, 0.1) is 25.2 Å². The predicted octanol–water partition coefficient (Wildman–Crippen LogP) is 0.923. The van der Waals surface area contributed by atoms with Gasteiger partial charge < -0.3 is 10.1 Å². The minimum atomic E-state index is 0.682. The van der Waals surface area contributed by atoms with Crippen LogP contribution in [-0.4, -0.2) is 33.1 Å². The molecule has 2 heterocycles. The van der Waals surface area contributed by atoms with E-state index >= 15 is 0 Å². The van der Waals surface area contributed by atoms with Gasteiger partial charge in [-0.2, -0.15) is 10.2 Å². The number of methoxy groups -OCH3 is 1. The smallest absolute Gasteiger partial charge is 0.175 e. The molecular formula is C12H15N5O. The van der Waals surface area contributed by atoms with Crippen LogP contribution in [0.4, 0.5) is 0 Å². The minimum absolute atomic E-state index is 0.682. The zero-order chi connectivity index (χ0) is 12.4. The Morgan fingerprint density at radius 3 is 2.89 bits per heavy atom. The van der Waals surface area contributed by atoms with Gasteiger partial charge in [-0.05, 0) is 25.0 Å². The predicted molar refractivity (Wildman–Crippen MR) is 65.6 cm³/mol. The Bertz CT molecular complexity index is 518. The second kappa shape index (κ2) is 4.73. The molecule has 6 nitrogen and oxygen atoms in total. The molecule has 0 radical (unpaired) electrons. The van der Waals surface area contributed by atoms with Crippen LogP contribution in [0.2, 0.25) is 0 Å². The molecular weight excluding hydrogens is 230 g/mol. The molecule has 0 aliphatic heterocycles. The zero-order valence-corrected chi connectivity index (χ0v) is 10.2. The molecule has 94 valence electrons. The van der Waals surface area contributed by atoms with Crippen LogP contribution in [0.25, 0.3) is 5.82 Å². The molecule has 1 aliphatic rings. The van der Waals surface area contributed by atoms with Crippen LogP contribution in [0.5, 0.6) is 5.75 Å². The van der Waals surface area contributed by atoms with Gasteiger partial charge in [0.1, 0.15) is 0 Å². The van der Waals surface area contributed by atoms with E-state index in [1.807, 2.05) is 12.1 Å². The first-order valence-corrected chi connectivity index (χ1v) is 6.00. The Kier molecular flexibility index (Phi) is 2.93. The van der Waals surface area contributed by atoms with E-state index < -0.39 is 0 Å². The van der Waals surface area contributed by atoms with E-state index in [1.54, 1.807) is 24.2 Å². The minimum Gasteiger partial charge on any atom is -0.493 e. The van der Waals surface area contributed by atoms with Crippen LogP contribution in [0, 0.1) is 0 Å². The molecule has 2 aromatic heterocycles. The lowest BCUT2D eigenvalue weighted by molar-refractivity contribution is 0.414. The van der Waals surface area contributed by atoms with Gasteiger partial charge in [-0.25, -0.2) is 4.68 Å². The number of nitrogens with one attached hydrogen (secondary N) is 1. The monoisotopic (exact) mass is 245 g/mol. The summed E-state index contributed by atoms with van der Waals surface area (Å²) in [5, 5.41) is 15.9. The number of nitrogens with zero attached hydrogens (tertiary/aromatic N) is 4. The van der Waals surface area contributed by atoms with Gasteiger partial charge in [-0.3, -0.25) is 0 Å². The third-order valence-corrected chi connectivity index (χ3v) is 2.88. The van der Waals surface area contributed by atoms with Crippen molar-refractivity contribution in [1.29, 1.82) is 0 Å². The Balaban J connectivity index is 1.69. The summed E-state index contributed by atoms with van der Waals surface area (Å²) in [6.45, 7) is 0.778. The van der Waals surface area contributed by atoms with Crippen molar-refractivity contribution in [2.75, 3.05) is 7.11 Å². The van der Waals surface area contributed by atoms with Crippen molar-refractivity contribution in [3.05, 3.63) is 30.2 Å². The number of aromatic nitrogens is 4. The van der Waals surface area contributed by atoms with Crippen molar-refractivity contribution in [3.63, 3.8) is 0 Å². The normalized spacial score (nSPS) is 14.7. The van der Waals surface area contributed by atoms with Gasteiger partial charge in [0.2, 0.25) is 0 Å². The molecule has 1 N–H and O–H groups in total. The third-order valence-electron chi connectivity index (χ3n) is 2.88. The summed E-state index contributed by atoms with van der Waals surface area (Å²) in [7, 11) is 1.61. The fraction of sp³-hybridized carbons (Fsp3) is 0.417. The van der Waals surface area contributed by atoms with E-state index in [1.165, 1.54) is 12.8 Å². The Morgan fingerprint density at radius 2 is 2.28 bits per heavy atom. The maximum absolute atomic E-state index is 5.07. The van der Waals surface area contributed by atoms with Crippen LogP contribution < -0.4 is 10.1 Å². The highest BCUT2D eigenvalue weighted by Crippen LogP contribution is 2.19. The lowest BCUT2D eigenvalue weighted by atomic mass is 10.4. The van der Waals surface area contributed by atoms with Crippen LogP contribution >= 0.6 is 0 Å². The molecule has 18 heavy (non-hydrogen) atoms. The molecule has 1 aliphatic carbocycles. The van der Waals surface area contributed by atoms with Crippen molar-refractivity contribution in [3.8, 4) is 11.6 Å². The lowest BCUT2D eigenvalue weighted by Gasteiger charge is -2.03. The highest BCUT2D eigenvalue weighted by Gasteiger charge is 2.20. The first kappa shape index (κ1) is 11.2. The van der Waals surface area contributed by atoms with Crippen LogP contribution in [0.3, 0.4) is 0 Å². The summed E-state index contributed by atoms with van der Waals surface area (Å²) in [5.74, 6) is 1.39. The fourth-order valence-corrected chi connectivity index (χ4v) is 1.64. The Morgan fingerprint density at radius 1 is 1.39 bits per heavy atom. The van der Waals surface area contributed by atoms with Gasteiger partial charge in [0, 0.05) is 12.6 Å². The standard InChI is InChI=1S/C12H15N5O/c1-18-11-7-14-17(8-11)12-5-4-10(15-16-12)6-13-9-2-3-9/h4-5,7-9,13H,2-3,6H2,1H3. The van der Waals surface area contributed by atoms with Gasteiger partial charge in [0.15, 0.2) is 11.6 Å². The maximum Gasteiger partial charge on any atom is 0.175 e. The lowest BCUT2D eigenvalue weighted by Crippen LogP contribution is -2.16. The molecule has 0 atom stereocenters. The zero-order valence-electron chi connectivity index (χ0n) is 10.2. The summed E-state index contributed by atoms with van der Waals surface area (Å²) in [5.41, 5.74) is 0.949. The molecule has 0 amide bonds. The molecule has 0 spiro atoms. The average molecular weight is 245 g/mol. The van der Waals surface area contributed by atoms with Gasteiger partial charge >= 0.3 is 0 Å². The number of hydrogen-bond donors (Lipinski definition) is 1. The van der Waals surface area contributed by atoms with Crippen molar-refractivity contribution in [2.45, 2.75) is 25.4 Å². The first-order valence-electron chi connectivity index (χ1n) is 6.00. The molecule has 2 aromatic rings. The van der Waals surface area contributed by atoms with Crippen molar-refractivity contribution in [2.24, 2.45) is 0 Å². The molecule has 0 aromatic carbocycles. The van der Waals surface area contributed by atoms with E-state index in [4.69, 9.17) is 4.74 Å². The van der Waals surface area contributed by atoms with Crippen molar-refractivity contribution < 1.29 is 4.74 Å². The largest absolute Gasteiger partial charge is 0.493 e. The quantitative estimate of drug-likeness (QED) is 0.848. The van der Waals surface area contributed by atoms with Crippen LogP contribution in [0.1, 0.15) is 18.5 Å². The topological polar surface area (TPSA) is 64.9 Å². The van der Waals surface area contributed by atoms with Crippen LogP contribution in [0.15, 0.2) is 24.5 Å². The van der Waals surface area contributed by atoms with Gasteiger partial charge in [-0.15, -0.1) is 5.10 Å². The molecule has 1 fully saturated rings. The average Bonchev–Trinajstić information content (AvgIpc) is 3.12. The fourth-order valence-electron chi connectivity index (χ4n) is 1.64. The third kappa shape index (κ3) is 2.48. The van der Waals surface area contributed by atoms with E-state index in [2.05, 4.69) is 20.6 Å². The molecule has 0 bridgehead atoms. The summed E-state index contributed by atoms with van der Waals surface area (Å²) in [6, 6.07) is 4.55. The number of ether oxygens (including phenoxy) is 1. The highest BCUT2D eigenvalue weighted by molar-refractivity contribution is 5.24. The summed E-state index contributed by atoms with van der Waals surface area (Å²) < 4.78 is 6.71. The van der Waals surface area contributed by atoms with E-state index in [9.17, 15) is 0 Å². The van der Waals surface area contributed by atoms with E-state index in [0.717, 1.165) is 12.2 Å². The molecule has 3 rings (SSSR count). The SMILES string of the molecule is COc1cnn(-c2ccc(CNC3CC3)nn2)c1. The van der Waals surface area contributed by atoms with Crippen molar-refractivity contribution in [1.82, 2.24) is 25.3 Å². The first-order chi connectivity index (χ1) is 8.85. The summed E-state index contributed by atoms with van der Waals surface area (Å²) >= 11 is 0. The molecule has 6 heteroatoms. The highest BCUT2D eigenvalue weighted by atomic mass is 16.5. The van der Waals surface area contributed by atoms with Crippen LogP contribution in [-0.2, 0) is 6.54 Å². The molecule has 0 saturated heterocycles. The maximum atomic E-state index is 5.07. The number of hydrogen-bond acceptors (Lipinski definition) is 5. The summed E-state index contributed by atoms with van der Waals surface area (Å²) in [4.78, 5) is 0. The summed E-state index contributed by atoms with van der Waals surface area (Å²) in [6.07, 6.45) is 5.97. The van der Waals surface area contributed by atoms with Gasteiger partial charge in [0.25, 0.3) is 0 Å². The van der Waals surface area contributed by atoms with Gasteiger partial charge in [-0.1, -0.05) is 0 Å². The van der Waals surface area contributed by atoms with E-state index in [-0.39, 0.29) is 0 Å². The second-order valence-corrected chi connectivity index (χ2v) is 4.36.